The van der Waals surface area contributed by atoms with E-state index in [4.69, 9.17) is 4.74 Å². The van der Waals surface area contributed by atoms with Crippen LogP contribution >= 0.6 is 0 Å². The van der Waals surface area contributed by atoms with Crippen molar-refractivity contribution in [1.29, 1.82) is 0 Å². The number of ether oxygens (including phenoxy) is 1. The number of hydrogen-bond donors (Lipinski definition) is 0. The molecule has 1 saturated heterocycles. The molecule has 0 N–H and O–H groups in total. The number of ketones is 1. The van der Waals surface area contributed by atoms with Crippen LogP contribution in [-0.4, -0.2) is 5.78 Å². The highest BCUT2D eigenvalue weighted by atomic mass is 16.5. The van der Waals surface area contributed by atoms with E-state index in [0.717, 1.165) is 11.1 Å². The van der Waals surface area contributed by atoms with Crippen molar-refractivity contribution in [3.05, 3.63) is 71.8 Å². The monoisotopic (exact) mass is 280 g/mol. The normalized spacial score (nSPS) is 29.3. The van der Waals surface area contributed by atoms with Gasteiger partial charge < -0.3 is 4.74 Å². The maximum atomic E-state index is 12.6. The Morgan fingerprint density at radius 2 is 1.10 bits per heavy atom. The molecule has 2 nitrogen and oxygen atoms in total. The van der Waals surface area contributed by atoms with Crippen LogP contribution in [0.25, 0.3) is 0 Å². The summed E-state index contributed by atoms with van der Waals surface area (Å²) in [5.41, 5.74) is 2.15. The number of Topliss-reactive ketones (excluding diaryl/α,β-unsaturated/α-hetero) is 1. The molecule has 0 spiro atoms. The Morgan fingerprint density at radius 1 is 0.714 bits per heavy atom. The van der Waals surface area contributed by atoms with E-state index < -0.39 is 0 Å². The van der Waals surface area contributed by atoms with Crippen molar-refractivity contribution < 1.29 is 9.53 Å². The van der Waals surface area contributed by atoms with Gasteiger partial charge in [-0.05, 0) is 11.1 Å². The van der Waals surface area contributed by atoms with Crippen molar-refractivity contribution in [2.45, 2.75) is 26.1 Å². The topological polar surface area (TPSA) is 26.3 Å². The molecule has 4 atom stereocenters. The Morgan fingerprint density at radius 3 is 1.48 bits per heavy atom. The molecule has 0 bridgehead atoms. The summed E-state index contributed by atoms with van der Waals surface area (Å²) in [7, 11) is 0. The molecule has 1 aliphatic rings. The molecule has 0 amide bonds. The summed E-state index contributed by atoms with van der Waals surface area (Å²) in [5, 5.41) is 0. The van der Waals surface area contributed by atoms with Crippen molar-refractivity contribution in [3.8, 4) is 0 Å². The summed E-state index contributed by atoms with van der Waals surface area (Å²) in [4.78, 5) is 12.6. The first-order chi connectivity index (χ1) is 10.2. The third kappa shape index (κ3) is 2.64. The van der Waals surface area contributed by atoms with E-state index in [0.29, 0.717) is 0 Å². The summed E-state index contributed by atoms with van der Waals surface area (Å²) in [6.07, 6.45) is -0.333. The maximum Gasteiger partial charge on any atom is 0.144 e. The van der Waals surface area contributed by atoms with Gasteiger partial charge in [-0.2, -0.15) is 0 Å². The minimum absolute atomic E-state index is 0.109. The smallest absolute Gasteiger partial charge is 0.144 e. The quantitative estimate of drug-likeness (QED) is 0.818. The predicted molar refractivity (Wildman–Crippen MR) is 82.8 cm³/mol. The maximum absolute atomic E-state index is 12.6. The minimum Gasteiger partial charge on any atom is -0.364 e. The average Bonchev–Trinajstić information content (AvgIpc) is 2.55. The molecule has 2 aromatic rings. The third-order valence-corrected chi connectivity index (χ3v) is 4.36. The molecule has 2 heteroatoms. The number of carbonyl (C=O) groups is 1. The molecule has 1 fully saturated rings. The van der Waals surface area contributed by atoms with Gasteiger partial charge in [0.2, 0.25) is 0 Å². The highest BCUT2D eigenvalue weighted by Crippen LogP contribution is 2.43. The summed E-state index contributed by atoms with van der Waals surface area (Å²) in [6, 6.07) is 20.1. The fourth-order valence-electron chi connectivity index (χ4n) is 3.13. The summed E-state index contributed by atoms with van der Waals surface area (Å²) in [6.45, 7) is 3.94. The van der Waals surface area contributed by atoms with Gasteiger partial charge in [0.25, 0.3) is 0 Å². The van der Waals surface area contributed by atoms with Gasteiger partial charge >= 0.3 is 0 Å². The second-order valence-corrected chi connectivity index (χ2v) is 5.78. The van der Waals surface area contributed by atoms with Crippen LogP contribution in [0.1, 0.15) is 37.2 Å². The largest absolute Gasteiger partial charge is 0.364 e. The van der Waals surface area contributed by atoms with Crippen LogP contribution in [0, 0.1) is 11.8 Å². The van der Waals surface area contributed by atoms with E-state index in [1.54, 1.807) is 0 Å². The lowest BCUT2D eigenvalue weighted by Crippen LogP contribution is -2.37. The molecular formula is C19H20O2. The van der Waals surface area contributed by atoms with Crippen LogP contribution in [0.2, 0.25) is 0 Å². The fourth-order valence-corrected chi connectivity index (χ4v) is 3.13. The van der Waals surface area contributed by atoms with Crippen LogP contribution in [-0.2, 0) is 9.53 Å². The molecule has 0 aromatic heterocycles. The van der Waals surface area contributed by atoms with Gasteiger partial charge in [0.15, 0.2) is 0 Å². The Kier molecular flexibility index (Phi) is 3.89. The molecule has 1 aliphatic heterocycles. The third-order valence-electron chi connectivity index (χ3n) is 4.36. The van der Waals surface area contributed by atoms with Gasteiger partial charge in [-0.25, -0.2) is 0 Å². The van der Waals surface area contributed by atoms with Crippen molar-refractivity contribution >= 4 is 5.78 Å². The molecule has 3 rings (SSSR count). The first-order valence-electron chi connectivity index (χ1n) is 7.47. The molecule has 0 radical (unpaired) electrons. The average molecular weight is 280 g/mol. The number of carbonyl (C=O) groups excluding carboxylic acids is 1. The van der Waals surface area contributed by atoms with Gasteiger partial charge in [-0.15, -0.1) is 0 Å². The summed E-state index contributed by atoms with van der Waals surface area (Å²) >= 11 is 0. The number of rotatable bonds is 2. The van der Waals surface area contributed by atoms with Crippen LogP contribution in [0.15, 0.2) is 60.7 Å². The molecule has 108 valence electrons. The standard InChI is InChI=1S/C19H20O2/c1-13-17(20)14(2)19(16-11-7-4-8-12-16)21-18(13)15-9-5-3-6-10-15/h3-14,18-19H,1-2H3/t13-,14+,18-,19+. The first kappa shape index (κ1) is 14.0. The zero-order chi connectivity index (χ0) is 14.8. The number of benzene rings is 2. The van der Waals surface area contributed by atoms with Gasteiger partial charge in [-0.1, -0.05) is 74.5 Å². The highest BCUT2D eigenvalue weighted by molar-refractivity contribution is 5.85. The Balaban J connectivity index is 1.95. The van der Waals surface area contributed by atoms with Crippen molar-refractivity contribution in [1.82, 2.24) is 0 Å². The van der Waals surface area contributed by atoms with E-state index in [1.807, 2.05) is 74.5 Å². The van der Waals surface area contributed by atoms with E-state index in [-0.39, 0.29) is 29.8 Å². The second-order valence-electron chi connectivity index (χ2n) is 5.78. The van der Waals surface area contributed by atoms with E-state index >= 15 is 0 Å². The Bertz CT molecular complexity index is 552. The first-order valence-corrected chi connectivity index (χ1v) is 7.47. The molecule has 21 heavy (non-hydrogen) atoms. The molecule has 2 aromatic carbocycles. The summed E-state index contributed by atoms with van der Waals surface area (Å²) in [5.74, 6) is 0.0636. The van der Waals surface area contributed by atoms with E-state index in [9.17, 15) is 4.79 Å². The molecule has 0 unspecified atom stereocenters. The zero-order valence-electron chi connectivity index (χ0n) is 12.4. The van der Waals surface area contributed by atoms with Crippen molar-refractivity contribution in [2.24, 2.45) is 11.8 Å². The Hall–Kier alpha value is -1.93. The van der Waals surface area contributed by atoms with Gasteiger partial charge in [0.1, 0.15) is 5.78 Å². The molecule has 0 saturated carbocycles. The molecular weight excluding hydrogens is 260 g/mol. The lowest BCUT2D eigenvalue weighted by atomic mass is 9.80. The van der Waals surface area contributed by atoms with Crippen molar-refractivity contribution in [3.63, 3.8) is 0 Å². The van der Waals surface area contributed by atoms with Gasteiger partial charge in [0.05, 0.1) is 12.2 Å². The molecule has 1 heterocycles. The van der Waals surface area contributed by atoms with Crippen LogP contribution in [0.3, 0.4) is 0 Å². The van der Waals surface area contributed by atoms with Gasteiger partial charge in [0, 0.05) is 11.8 Å². The number of hydrogen-bond acceptors (Lipinski definition) is 2. The fraction of sp³-hybridized carbons (Fsp3) is 0.316. The SMILES string of the molecule is C[C@@H]1C(=O)[C@H](C)[C@@H](c2ccccc2)O[C@H]1c1ccccc1. The van der Waals surface area contributed by atoms with Crippen LogP contribution in [0.4, 0.5) is 0 Å². The van der Waals surface area contributed by atoms with Crippen LogP contribution in [0.5, 0.6) is 0 Å². The van der Waals surface area contributed by atoms with E-state index in [1.165, 1.54) is 0 Å². The van der Waals surface area contributed by atoms with Crippen LogP contribution < -0.4 is 0 Å². The lowest BCUT2D eigenvalue weighted by molar-refractivity contribution is -0.157. The summed E-state index contributed by atoms with van der Waals surface area (Å²) < 4.78 is 6.33. The highest BCUT2D eigenvalue weighted by Gasteiger charge is 2.41. The van der Waals surface area contributed by atoms with Crippen molar-refractivity contribution in [2.75, 3.05) is 0 Å². The second kappa shape index (κ2) is 5.82. The lowest BCUT2D eigenvalue weighted by Gasteiger charge is -2.38. The Labute approximate surface area is 125 Å². The van der Waals surface area contributed by atoms with E-state index in [2.05, 4.69) is 0 Å². The zero-order valence-corrected chi connectivity index (χ0v) is 12.4. The minimum atomic E-state index is -0.167. The predicted octanol–water partition coefficient (Wildman–Crippen LogP) is 4.34. The van der Waals surface area contributed by atoms with Gasteiger partial charge in [-0.3, -0.25) is 4.79 Å². The molecule has 0 aliphatic carbocycles.